The monoisotopic (exact) mass is 535 g/mol. The van der Waals surface area contributed by atoms with Crippen LogP contribution >= 0.6 is 23.2 Å². The molecule has 0 bridgehead atoms. The first-order valence-electron chi connectivity index (χ1n) is 12.3. The Bertz CT molecular complexity index is 1050. The number of hydrogen-bond acceptors (Lipinski definition) is 5. The lowest BCUT2D eigenvalue weighted by Gasteiger charge is -2.48. The summed E-state index contributed by atoms with van der Waals surface area (Å²) in [7, 11) is 0. The number of ether oxygens (including phenoxy) is 2. The fourth-order valence-electron chi connectivity index (χ4n) is 4.65. The van der Waals surface area contributed by atoms with Gasteiger partial charge >= 0.3 is 5.97 Å². The lowest BCUT2D eigenvalue weighted by Crippen LogP contribution is -2.55. The first-order chi connectivity index (χ1) is 16.9. The van der Waals surface area contributed by atoms with E-state index in [0.717, 1.165) is 11.1 Å². The van der Waals surface area contributed by atoms with Crippen LogP contribution in [0, 0.1) is 0 Å². The van der Waals surface area contributed by atoms with E-state index in [-0.39, 0.29) is 18.4 Å². The molecule has 0 saturated carbocycles. The number of benzene rings is 2. The van der Waals surface area contributed by atoms with Gasteiger partial charge < -0.3 is 19.5 Å². The second-order valence-electron chi connectivity index (χ2n) is 10.3. The summed E-state index contributed by atoms with van der Waals surface area (Å²) in [4.78, 5) is 28.5. The predicted octanol–water partition coefficient (Wildman–Crippen LogP) is 6.28. The molecule has 2 unspecified atom stereocenters. The van der Waals surface area contributed by atoms with Gasteiger partial charge in [0.05, 0.1) is 18.6 Å². The summed E-state index contributed by atoms with van der Waals surface area (Å²) in [6.45, 7) is 9.02. The zero-order valence-corrected chi connectivity index (χ0v) is 22.9. The van der Waals surface area contributed by atoms with Gasteiger partial charge in [-0.15, -0.1) is 0 Å². The van der Waals surface area contributed by atoms with Crippen LogP contribution in [0.15, 0.2) is 48.5 Å². The smallest absolute Gasteiger partial charge is 0.309 e. The molecule has 1 aliphatic rings. The highest BCUT2D eigenvalue weighted by molar-refractivity contribution is 6.30. The molecule has 1 amide bonds. The van der Waals surface area contributed by atoms with E-state index >= 15 is 0 Å². The molecule has 5 atom stereocenters. The van der Waals surface area contributed by atoms with Gasteiger partial charge in [-0.25, -0.2) is 0 Å². The lowest BCUT2D eigenvalue weighted by molar-refractivity contribution is -0.187. The molecule has 36 heavy (non-hydrogen) atoms. The van der Waals surface area contributed by atoms with E-state index in [1.54, 1.807) is 50.8 Å². The van der Waals surface area contributed by atoms with Crippen molar-refractivity contribution in [1.82, 2.24) is 4.90 Å². The zero-order valence-electron chi connectivity index (χ0n) is 21.4. The van der Waals surface area contributed by atoms with Gasteiger partial charge in [0.15, 0.2) is 0 Å². The molecule has 1 saturated heterocycles. The van der Waals surface area contributed by atoms with Crippen molar-refractivity contribution in [2.45, 2.75) is 89.9 Å². The first-order valence-corrected chi connectivity index (χ1v) is 13.0. The average Bonchev–Trinajstić information content (AvgIpc) is 2.78. The molecule has 0 spiro atoms. The number of carbonyl (C=O) groups is 2. The molecule has 6 nitrogen and oxygen atoms in total. The van der Waals surface area contributed by atoms with Crippen LogP contribution in [0.1, 0.15) is 77.2 Å². The third kappa shape index (κ3) is 7.22. The summed E-state index contributed by atoms with van der Waals surface area (Å²) in [5, 5.41) is 11.4. The summed E-state index contributed by atoms with van der Waals surface area (Å²) in [5.74, 6) is -0.828. The molecule has 3 rings (SSSR count). The Morgan fingerprint density at radius 3 is 2.33 bits per heavy atom. The number of nitrogens with zero attached hydrogens (tertiary/aromatic N) is 1. The Balaban J connectivity index is 2.12. The summed E-state index contributed by atoms with van der Waals surface area (Å²) >= 11 is 12.5. The minimum atomic E-state index is -1.05. The Labute approximate surface area is 223 Å². The van der Waals surface area contributed by atoms with Crippen LogP contribution in [0.4, 0.5) is 0 Å². The molecule has 0 radical (unpaired) electrons. The Morgan fingerprint density at radius 2 is 1.78 bits per heavy atom. The summed E-state index contributed by atoms with van der Waals surface area (Å²) < 4.78 is 11.9. The molecule has 2 aromatic rings. The number of aliphatic hydroxyl groups excluding tert-OH is 1. The van der Waals surface area contributed by atoms with Crippen LogP contribution in [0.3, 0.4) is 0 Å². The molecule has 1 aliphatic heterocycles. The van der Waals surface area contributed by atoms with E-state index in [9.17, 15) is 14.7 Å². The maximum absolute atomic E-state index is 14.0. The standard InChI is InChI=1S/C28H35Cl2NO5/c1-6-22(14-17(2)32)31-25(18-10-12-20(29)13-11-18)26(19-8-7-9-21(30)15-19)35-23(27(31)34)16-24(33)36-28(3,4)5/h7-13,15,17,22-23,25-26,32H,6,14,16H2,1-5H3/t17?,22-,23+,25?,26+/m0/s1. The van der Waals surface area contributed by atoms with Crippen molar-refractivity contribution >= 4 is 35.1 Å². The molecule has 2 aromatic carbocycles. The predicted molar refractivity (Wildman–Crippen MR) is 141 cm³/mol. The van der Waals surface area contributed by atoms with Crippen molar-refractivity contribution in [3.63, 3.8) is 0 Å². The van der Waals surface area contributed by atoms with Gasteiger partial charge in [-0.05, 0) is 75.9 Å². The van der Waals surface area contributed by atoms with E-state index < -0.39 is 35.9 Å². The van der Waals surface area contributed by atoms with Gasteiger partial charge in [-0.2, -0.15) is 0 Å². The molecule has 0 aliphatic carbocycles. The highest BCUT2D eigenvalue weighted by Gasteiger charge is 2.47. The van der Waals surface area contributed by atoms with Crippen molar-refractivity contribution in [2.75, 3.05) is 0 Å². The van der Waals surface area contributed by atoms with Gasteiger partial charge in [0.1, 0.15) is 17.8 Å². The third-order valence-corrected chi connectivity index (χ3v) is 6.55. The van der Waals surface area contributed by atoms with Crippen molar-refractivity contribution in [2.24, 2.45) is 0 Å². The number of amides is 1. The number of carbonyl (C=O) groups excluding carboxylic acids is 2. The van der Waals surface area contributed by atoms with Gasteiger partial charge in [-0.1, -0.05) is 54.4 Å². The average molecular weight is 536 g/mol. The normalized spacial score (nSPS) is 22.3. The van der Waals surface area contributed by atoms with E-state index in [2.05, 4.69) is 0 Å². The second kappa shape index (κ2) is 12.0. The van der Waals surface area contributed by atoms with Crippen LogP contribution in [-0.2, 0) is 19.1 Å². The highest BCUT2D eigenvalue weighted by atomic mass is 35.5. The molecule has 8 heteroatoms. The van der Waals surface area contributed by atoms with Crippen LogP contribution in [-0.4, -0.2) is 45.7 Å². The summed E-state index contributed by atoms with van der Waals surface area (Å²) in [5.41, 5.74) is 0.920. The minimum Gasteiger partial charge on any atom is -0.460 e. The zero-order chi connectivity index (χ0) is 26.6. The van der Waals surface area contributed by atoms with Gasteiger partial charge in [-0.3, -0.25) is 9.59 Å². The minimum absolute atomic E-state index is 0.220. The van der Waals surface area contributed by atoms with Gasteiger partial charge in [0.2, 0.25) is 0 Å². The SMILES string of the molecule is CC[C@@H](CC(C)O)N1C(=O)[C@@H](CC(=O)OC(C)(C)C)O[C@H](c2cccc(Cl)c2)C1c1ccc(Cl)cc1. The van der Waals surface area contributed by atoms with Crippen molar-refractivity contribution in [3.05, 3.63) is 69.7 Å². The second-order valence-corrected chi connectivity index (χ2v) is 11.2. The number of morpholine rings is 1. The summed E-state index contributed by atoms with van der Waals surface area (Å²) in [6.07, 6.45) is -1.50. The highest BCUT2D eigenvalue weighted by Crippen LogP contribution is 2.45. The Morgan fingerprint density at radius 1 is 1.11 bits per heavy atom. The lowest BCUT2D eigenvalue weighted by atomic mass is 9.88. The molecule has 1 heterocycles. The van der Waals surface area contributed by atoms with Crippen LogP contribution in [0.5, 0.6) is 0 Å². The number of hydrogen-bond donors (Lipinski definition) is 1. The topological polar surface area (TPSA) is 76.1 Å². The molecular formula is C28H35Cl2NO5. The van der Waals surface area contributed by atoms with Crippen LogP contribution < -0.4 is 0 Å². The van der Waals surface area contributed by atoms with E-state index in [1.165, 1.54) is 0 Å². The quantitative estimate of drug-likeness (QED) is 0.402. The van der Waals surface area contributed by atoms with E-state index in [1.807, 2.05) is 37.3 Å². The fourth-order valence-corrected chi connectivity index (χ4v) is 4.97. The summed E-state index contributed by atoms with van der Waals surface area (Å²) in [6, 6.07) is 13.8. The first kappa shape index (κ1) is 28.5. The molecule has 1 fully saturated rings. The van der Waals surface area contributed by atoms with Crippen molar-refractivity contribution < 1.29 is 24.2 Å². The molecular weight excluding hydrogens is 501 g/mol. The Kier molecular flexibility index (Phi) is 9.44. The van der Waals surface area contributed by atoms with Gasteiger partial charge in [0.25, 0.3) is 5.91 Å². The number of halogens is 2. The number of rotatable bonds is 8. The molecule has 1 N–H and O–H groups in total. The molecule has 0 aromatic heterocycles. The maximum Gasteiger partial charge on any atom is 0.309 e. The molecule has 196 valence electrons. The maximum atomic E-state index is 14.0. The van der Waals surface area contributed by atoms with Crippen molar-refractivity contribution in [1.29, 1.82) is 0 Å². The van der Waals surface area contributed by atoms with Gasteiger partial charge in [0, 0.05) is 16.1 Å². The van der Waals surface area contributed by atoms with Crippen molar-refractivity contribution in [3.8, 4) is 0 Å². The Hall–Kier alpha value is -2.12. The van der Waals surface area contributed by atoms with E-state index in [0.29, 0.717) is 22.9 Å². The largest absolute Gasteiger partial charge is 0.460 e. The number of aliphatic hydroxyl groups is 1. The fraction of sp³-hybridized carbons (Fsp3) is 0.500. The third-order valence-electron chi connectivity index (χ3n) is 6.07. The van der Waals surface area contributed by atoms with Crippen LogP contribution in [0.2, 0.25) is 10.0 Å². The number of esters is 1. The van der Waals surface area contributed by atoms with E-state index in [4.69, 9.17) is 32.7 Å². The van der Waals surface area contributed by atoms with Crippen LogP contribution in [0.25, 0.3) is 0 Å².